The van der Waals surface area contributed by atoms with E-state index in [0.717, 1.165) is 32.7 Å². The molecule has 0 amide bonds. The van der Waals surface area contributed by atoms with Crippen LogP contribution in [0.15, 0.2) is 24.3 Å². The highest BCUT2D eigenvalue weighted by Crippen LogP contribution is 2.35. The highest BCUT2D eigenvalue weighted by atomic mass is 19.1. The summed E-state index contributed by atoms with van der Waals surface area (Å²) >= 11 is 0. The van der Waals surface area contributed by atoms with Gasteiger partial charge in [-0.2, -0.15) is 0 Å². The van der Waals surface area contributed by atoms with E-state index < -0.39 is 0 Å². The van der Waals surface area contributed by atoms with Crippen LogP contribution in [0.3, 0.4) is 0 Å². The van der Waals surface area contributed by atoms with E-state index in [2.05, 4.69) is 13.8 Å². The summed E-state index contributed by atoms with van der Waals surface area (Å²) in [6, 6.07) is 6.85. The third-order valence-electron chi connectivity index (χ3n) is 3.74. The number of ether oxygens (including phenoxy) is 2. The normalized spacial score (nSPS) is 18.7. The minimum atomic E-state index is -0.186. The molecule has 0 radical (unpaired) electrons. The summed E-state index contributed by atoms with van der Waals surface area (Å²) in [5, 5.41) is 0. The van der Waals surface area contributed by atoms with Gasteiger partial charge in [-0.3, -0.25) is 0 Å². The van der Waals surface area contributed by atoms with E-state index in [1.54, 1.807) is 0 Å². The maximum absolute atomic E-state index is 13.1. The van der Waals surface area contributed by atoms with Crippen LogP contribution in [0.4, 0.5) is 4.39 Å². The first-order chi connectivity index (χ1) is 9.12. The van der Waals surface area contributed by atoms with E-state index in [4.69, 9.17) is 9.47 Å². The van der Waals surface area contributed by atoms with Crippen LogP contribution in [0, 0.1) is 11.7 Å². The predicted octanol–water partition coefficient (Wildman–Crippen LogP) is 3.55. The first kappa shape index (κ1) is 14.5. The standard InChI is InChI=1S/C16H23FO2/c1-13(2)11-19-12-16(7-9-18-10-8-16)14-3-5-15(17)6-4-14/h3-6,13H,7-12H2,1-2H3. The molecule has 1 heterocycles. The molecule has 1 saturated heterocycles. The summed E-state index contributed by atoms with van der Waals surface area (Å²) in [7, 11) is 0. The molecule has 0 aromatic heterocycles. The van der Waals surface area contributed by atoms with Crippen molar-refractivity contribution in [3.63, 3.8) is 0 Å². The molecular weight excluding hydrogens is 243 g/mol. The Bertz CT molecular complexity index is 380. The number of hydrogen-bond acceptors (Lipinski definition) is 2. The van der Waals surface area contributed by atoms with Crippen molar-refractivity contribution in [2.75, 3.05) is 26.4 Å². The molecule has 0 bridgehead atoms. The largest absolute Gasteiger partial charge is 0.381 e. The lowest BCUT2D eigenvalue weighted by atomic mass is 9.75. The topological polar surface area (TPSA) is 18.5 Å². The summed E-state index contributed by atoms with van der Waals surface area (Å²) in [4.78, 5) is 0. The van der Waals surface area contributed by atoms with E-state index in [1.165, 1.54) is 17.7 Å². The maximum Gasteiger partial charge on any atom is 0.123 e. The highest BCUT2D eigenvalue weighted by Gasteiger charge is 2.34. The number of benzene rings is 1. The molecule has 2 nitrogen and oxygen atoms in total. The van der Waals surface area contributed by atoms with Gasteiger partial charge in [0.2, 0.25) is 0 Å². The molecule has 1 aromatic rings. The highest BCUT2D eigenvalue weighted by molar-refractivity contribution is 5.26. The van der Waals surface area contributed by atoms with E-state index in [9.17, 15) is 4.39 Å². The molecule has 1 fully saturated rings. The van der Waals surface area contributed by atoms with Gasteiger partial charge < -0.3 is 9.47 Å². The van der Waals surface area contributed by atoms with Crippen molar-refractivity contribution >= 4 is 0 Å². The first-order valence-electron chi connectivity index (χ1n) is 7.04. The molecule has 0 N–H and O–H groups in total. The van der Waals surface area contributed by atoms with Gasteiger partial charge in [0.1, 0.15) is 5.82 Å². The third kappa shape index (κ3) is 3.77. The van der Waals surface area contributed by atoms with E-state index in [-0.39, 0.29) is 11.2 Å². The second-order valence-electron chi connectivity index (χ2n) is 5.81. The summed E-state index contributed by atoms with van der Waals surface area (Å²) in [6.07, 6.45) is 1.88. The Labute approximate surface area is 114 Å². The monoisotopic (exact) mass is 266 g/mol. The van der Waals surface area contributed by atoms with Crippen LogP contribution < -0.4 is 0 Å². The Kier molecular flexibility index (Phi) is 4.94. The fourth-order valence-electron chi connectivity index (χ4n) is 2.57. The SMILES string of the molecule is CC(C)COCC1(c2ccc(F)cc2)CCOCC1. The molecule has 3 heteroatoms. The molecule has 19 heavy (non-hydrogen) atoms. The Morgan fingerprint density at radius 3 is 2.42 bits per heavy atom. The second-order valence-corrected chi connectivity index (χ2v) is 5.81. The Morgan fingerprint density at radius 1 is 1.21 bits per heavy atom. The molecule has 0 saturated carbocycles. The van der Waals surface area contributed by atoms with Crippen LogP contribution in [0.1, 0.15) is 32.3 Å². The summed E-state index contributed by atoms with van der Waals surface area (Å²) in [6.45, 7) is 7.26. The van der Waals surface area contributed by atoms with Crippen molar-refractivity contribution in [2.45, 2.75) is 32.1 Å². The van der Waals surface area contributed by atoms with E-state index in [0.29, 0.717) is 12.5 Å². The van der Waals surface area contributed by atoms with Gasteiger partial charge >= 0.3 is 0 Å². The minimum Gasteiger partial charge on any atom is -0.381 e. The van der Waals surface area contributed by atoms with Crippen molar-refractivity contribution in [3.8, 4) is 0 Å². The average molecular weight is 266 g/mol. The fourth-order valence-corrected chi connectivity index (χ4v) is 2.57. The van der Waals surface area contributed by atoms with Gasteiger partial charge in [-0.15, -0.1) is 0 Å². The van der Waals surface area contributed by atoms with Crippen LogP contribution >= 0.6 is 0 Å². The van der Waals surface area contributed by atoms with E-state index in [1.807, 2.05) is 12.1 Å². The lowest BCUT2D eigenvalue weighted by Gasteiger charge is -2.37. The van der Waals surface area contributed by atoms with E-state index >= 15 is 0 Å². The molecule has 0 unspecified atom stereocenters. The fraction of sp³-hybridized carbons (Fsp3) is 0.625. The molecule has 0 aliphatic carbocycles. The zero-order chi connectivity index (χ0) is 13.7. The minimum absolute atomic E-state index is 0.0131. The number of hydrogen-bond donors (Lipinski definition) is 0. The van der Waals surface area contributed by atoms with Gasteiger partial charge in [0, 0.05) is 25.2 Å². The van der Waals surface area contributed by atoms with Gasteiger partial charge in [-0.05, 0) is 36.5 Å². The molecule has 106 valence electrons. The number of rotatable bonds is 5. The van der Waals surface area contributed by atoms with Gasteiger partial charge in [-0.1, -0.05) is 26.0 Å². The van der Waals surface area contributed by atoms with Crippen LogP contribution in [0.5, 0.6) is 0 Å². The van der Waals surface area contributed by atoms with Crippen molar-refractivity contribution in [3.05, 3.63) is 35.6 Å². The van der Waals surface area contributed by atoms with Crippen molar-refractivity contribution in [1.29, 1.82) is 0 Å². The lowest BCUT2D eigenvalue weighted by molar-refractivity contribution is -0.00534. The van der Waals surface area contributed by atoms with Gasteiger partial charge in [0.05, 0.1) is 6.61 Å². The Morgan fingerprint density at radius 2 is 1.84 bits per heavy atom. The number of halogens is 1. The Balaban J connectivity index is 2.11. The van der Waals surface area contributed by atoms with Gasteiger partial charge in [0.25, 0.3) is 0 Å². The maximum atomic E-state index is 13.1. The third-order valence-corrected chi connectivity index (χ3v) is 3.74. The van der Waals surface area contributed by atoms with Crippen molar-refractivity contribution < 1.29 is 13.9 Å². The molecular formula is C16H23FO2. The van der Waals surface area contributed by atoms with Crippen molar-refractivity contribution in [1.82, 2.24) is 0 Å². The van der Waals surface area contributed by atoms with Crippen LogP contribution in [0.2, 0.25) is 0 Å². The van der Waals surface area contributed by atoms with Crippen molar-refractivity contribution in [2.24, 2.45) is 5.92 Å². The zero-order valence-corrected chi connectivity index (χ0v) is 11.8. The van der Waals surface area contributed by atoms with Gasteiger partial charge in [-0.25, -0.2) is 4.39 Å². The first-order valence-corrected chi connectivity index (χ1v) is 7.04. The quantitative estimate of drug-likeness (QED) is 0.811. The molecule has 0 atom stereocenters. The zero-order valence-electron chi connectivity index (χ0n) is 11.8. The molecule has 1 aliphatic rings. The summed E-state index contributed by atoms with van der Waals surface area (Å²) in [5.74, 6) is 0.346. The smallest absolute Gasteiger partial charge is 0.123 e. The second kappa shape index (κ2) is 6.49. The van der Waals surface area contributed by atoms with Gasteiger partial charge in [0.15, 0.2) is 0 Å². The molecule has 0 spiro atoms. The lowest BCUT2D eigenvalue weighted by Crippen LogP contribution is -2.38. The predicted molar refractivity (Wildman–Crippen MR) is 73.8 cm³/mol. The average Bonchev–Trinajstić information content (AvgIpc) is 2.40. The van der Waals surface area contributed by atoms with Crippen LogP contribution in [-0.2, 0) is 14.9 Å². The summed E-state index contributed by atoms with van der Waals surface area (Å²) in [5.41, 5.74) is 1.15. The molecule has 1 aromatic carbocycles. The Hall–Kier alpha value is -0.930. The molecule has 2 rings (SSSR count). The van der Waals surface area contributed by atoms with Crippen LogP contribution in [-0.4, -0.2) is 26.4 Å². The van der Waals surface area contributed by atoms with Crippen LogP contribution in [0.25, 0.3) is 0 Å². The summed E-state index contributed by atoms with van der Waals surface area (Å²) < 4.78 is 24.4. The molecule has 1 aliphatic heterocycles.